The van der Waals surface area contributed by atoms with Crippen molar-refractivity contribution >= 4 is 11.6 Å². The first-order chi connectivity index (χ1) is 13.1. The van der Waals surface area contributed by atoms with Crippen LogP contribution >= 0.6 is 0 Å². The average molecular weight is 366 g/mol. The van der Waals surface area contributed by atoms with Crippen molar-refractivity contribution in [1.29, 1.82) is 0 Å². The highest BCUT2D eigenvalue weighted by Crippen LogP contribution is 2.31. The average Bonchev–Trinajstić information content (AvgIpc) is 3.12. The number of carbonyl (C=O) groups excluding carboxylic acids is 1. The summed E-state index contributed by atoms with van der Waals surface area (Å²) in [6.07, 6.45) is 6.62. The van der Waals surface area contributed by atoms with Crippen molar-refractivity contribution in [3.8, 4) is 0 Å². The fourth-order valence-electron chi connectivity index (χ4n) is 3.56. The third-order valence-corrected chi connectivity index (χ3v) is 5.01. The SMILES string of the molecule is CCc1cc(=O)n2[nH]c([C@@H]3CCCCN3C(=O)c3cnc(C)cn3)cc2n1. The maximum Gasteiger partial charge on any atom is 0.274 e. The molecular weight excluding hydrogens is 344 g/mol. The zero-order valence-electron chi connectivity index (χ0n) is 15.5. The largest absolute Gasteiger partial charge is 0.329 e. The van der Waals surface area contributed by atoms with Crippen molar-refractivity contribution in [3.63, 3.8) is 0 Å². The van der Waals surface area contributed by atoms with Crippen LogP contribution in [0, 0.1) is 6.92 Å². The van der Waals surface area contributed by atoms with E-state index in [0.717, 1.165) is 36.3 Å². The number of piperidine rings is 1. The predicted molar refractivity (Wildman–Crippen MR) is 99.6 cm³/mol. The minimum atomic E-state index is -0.139. The molecule has 3 aromatic heterocycles. The van der Waals surface area contributed by atoms with Gasteiger partial charge in [0.05, 0.1) is 23.6 Å². The molecule has 0 unspecified atom stereocenters. The number of nitrogens with zero attached hydrogens (tertiary/aromatic N) is 5. The molecule has 3 aromatic rings. The van der Waals surface area contributed by atoms with Crippen LogP contribution in [0.1, 0.15) is 59.8 Å². The molecular formula is C19H22N6O2. The number of carbonyl (C=O) groups is 1. The highest BCUT2D eigenvalue weighted by atomic mass is 16.2. The summed E-state index contributed by atoms with van der Waals surface area (Å²) < 4.78 is 1.44. The fraction of sp³-hybridized carbons (Fsp3) is 0.421. The standard InChI is InChI=1S/C19H22N6O2/c1-3-13-8-18(26)25-17(22-13)9-14(23-25)16-6-4-5-7-24(16)19(27)15-11-20-12(2)10-21-15/h8-11,16,23H,3-7H2,1-2H3/t16-/m0/s1. The van der Waals surface area contributed by atoms with Gasteiger partial charge >= 0.3 is 0 Å². The normalized spacial score (nSPS) is 17.4. The van der Waals surface area contributed by atoms with Gasteiger partial charge in [-0.25, -0.2) is 14.5 Å². The molecule has 4 heterocycles. The summed E-state index contributed by atoms with van der Waals surface area (Å²) in [5.41, 5.74) is 3.14. The Morgan fingerprint density at radius 3 is 2.85 bits per heavy atom. The Labute approximate surface area is 156 Å². The maximum absolute atomic E-state index is 13.0. The van der Waals surface area contributed by atoms with Gasteiger partial charge in [-0.15, -0.1) is 0 Å². The third kappa shape index (κ3) is 3.22. The smallest absolute Gasteiger partial charge is 0.274 e. The Kier molecular flexibility index (Phi) is 4.47. The molecule has 0 bridgehead atoms. The Morgan fingerprint density at radius 2 is 2.11 bits per heavy atom. The highest BCUT2D eigenvalue weighted by molar-refractivity contribution is 5.92. The summed E-state index contributed by atoms with van der Waals surface area (Å²) in [4.78, 5) is 40.1. The summed E-state index contributed by atoms with van der Waals surface area (Å²) >= 11 is 0. The minimum absolute atomic E-state index is 0.138. The van der Waals surface area contributed by atoms with Crippen LogP contribution in [-0.4, -0.2) is 41.9 Å². The van der Waals surface area contributed by atoms with Crippen LogP contribution < -0.4 is 5.56 Å². The third-order valence-electron chi connectivity index (χ3n) is 5.01. The van der Waals surface area contributed by atoms with E-state index in [1.54, 1.807) is 12.3 Å². The second-order valence-electron chi connectivity index (χ2n) is 6.90. The number of rotatable bonds is 3. The number of aromatic nitrogens is 5. The lowest BCUT2D eigenvalue weighted by Crippen LogP contribution is -2.39. The van der Waals surface area contributed by atoms with Crippen molar-refractivity contribution < 1.29 is 4.79 Å². The lowest BCUT2D eigenvalue weighted by atomic mass is 9.99. The first kappa shape index (κ1) is 17.4. The Bertz CT molecular complexity index is 1040. The van der Waals surface area contributed by atoms with Gasteiger partial charge in [-0.05, 0) is 32.6 Å². The molecule has 0 aromatic carbocycles. The summed E-state index contributed by atoms with van der Waals surface area (Å²) in [5, 5.41) is 3.14. The number of amides is 1. The van der Waals surface area contributed by atoms with Crippen LogP contribution in [0.25, 0.3) is 5.65 Å². The minimum Gasteiger partial charge on any atom is -0.329 e. The van der Waals surface area contributed by atoms with Gasteiger partial charge in [0, 0.05) is 30.6 Å². The molecule has 0 saturated carbocycles. The van der Waals surface area contributed by atoms with Gasteiger partial charge in [-0.1, -0.05) is 6.92 Å². The van der Waals surface area contributed by atoms with Gasteiger partial charge in [0.1, 0.15) is 5.69 Å². The van der Waals surface area contributed by atoms with E-state index in [9.17, 15) is 9.59 Å². The van der Waals surface area contributed by atoms with Gasteiger partial charge in [-0.3, -0.25) is 19.7 Å². The van der Waals surface area contributed by atoms with Crippen LogP contribution in [-0.2, 0) is 6.42 Å². The van der Waals surface area contributed by atoms with Crippen LogP contribution in [0.3, 0.4) is 0 Å². The van der Waals surface area contributed by atoms with E-state index < -0.39 is 0 Å². The Balaban J connectivity index is 1.71. The molecule has 0 radical (unpaired) electrons. The number of nitrogens with one attached hydrogen (secondary N) is 1. The van der Waals surface area contributed by atoms with Crippen LogP contribution in [0.15, 0.2) is 29.3 Å². The van der Waals surface area contributed by atoms with Crippen molar-refractivity contribution in [2.45, 2.75) is 45.6 Å². The van der Waals surface area contributed by atoms with Crippen LogP contribution in [0.4, 0.5) is 0 Å². The summed E-state index contributed by atoms with van der Waals surface area (Å²) in [6, 6.07) is 3.27. The number of hydrogen-bond acceptors (Lipinski definition) is 5. The lowest BCUT2D eigenvalue weighted by molar-refractivity contribution is 0.0599. The number of aryl methyl sites for hydroxylation is 2. The molecule has 8 nitrogen and oxygen atoms in total. The second-order valence-corrected chi connectivity index (χ2v) is 6.90. The number of hydrogen-bond donors (Lipinski definition) is 1. The Hall–Kier alpha value is -3.03. The molecule has 0 spiro atoms. The van der Waals surface area contributed by atoms with E-state index in [1.165, 1.54) is 10.7 Å². The first-order valence-corrected chi connectivity index (χ1v) is 9.28. The molecule has 140 valence electrons. The lowest BCUT2D eigenvalue weighted by Gasteiger charge is -2.34. The topological polar surface area (TPSA) is 96.2 Å². The summed E-state index contributed by atoms with van der Waals surface area (Å²) in [5.74, 6) is -0.139. The molecule has 1 saturated heterocycles. The van der Waals surface area contributed by atoms with E-state index in [0.29, 0.717) is 24.3 Å². The molecule has 1 aliphatic rings. The van der Waals surface area contributed by atoms with E-state index >= 15 is 0 Å². The first-order valence-electron chi connectivity index (χ1n) is 9.28. The van der Waals surface area contributed by atoms with Crippen molar-refractivity contribution in [1.82, 2.24) is 29.5 Å². The number of aromatic amines is 1. The molecule has 27 heavy (non-hydrogen) atoms. The number of H-pyrrole nitrogens is 1. The van der Waals surface area contributed by atoms with Crippen molar-refractivity contribution in [2.24, 2.45) is 0 Å². The van der Waals surface area contributed by atoms with Crippen LogP contribution in [0.2, 0.25) is 0 Å². The van der Waals surface area contributed by atoms with E-state index in [4.69, 9.17) is 0 Å². The molecule has 1 fully saturated rings. The highest BCUT2D eigenvalue weighted by Gasteiger charge is 2.31. The van der Waals surface area contributed by atoms with Gasteiger partial charge in [0.15, 0.2) is 5.65 Å². The van der Waals surface area contributed by atoms with Crippen LogP contribution in [0.5, 0.6) is 0 Å². The zero-order valence-corrected chi connectivity index (χ0v) is 15.5. The van der Waals surface area contributed by atoms with E-state index in [-0.39, 0.29) is 17.5 Å². The molecule has 4 rings (SSSR count). The second kappa shape index (κ2) is 6.94. The van der Waals surface area contributed by atoms with Crippen molar-refractivity contribution in [3.05, 3.63) is 57.7 Å². The molecule has 8 heteroatoms. The van der Waals surface area contributed by atoms with Gasteiger partial charge < -0.3 is 4.90 Å². The molecule has 1 amide bonds. The molecule has 1 atom stereocenters. The fourth-order valence-corrected chi connectivity index (χ4v) is 3.56. The monoisotopic (exact) mass is 366 g/mol. The predicted octanol–water partition coefficient (Wildman–Crippen LogP) is 2.05. The van der Waals surface area contributed by atoms with Crippen molar-refractivity contribution in [2.75, 3.05) is 6.54 Å². The number of likely N-dealkylation sites (tertiary alicyclic amines) is 1. The Morgan fingerprint density at radius 1 is 1.26 bits per heavy atom. The maximum atomic E-state index is 13.0. The molecule has 1 N–H and O–H groups in total. The number of fused-ring (bicyclic) bond motifs is 1. The van der Waals surface area contributed by atoms with E-state index in [1.807, 2.05) is 24.8 Å². The van der Waals surface area contributed by atoms with Gasteiger partial charge in [0.25, 0.3) is 11.5 Å². The summed E-state index contributed by atoms with van der Waals surface area (Å²) in [6.45, 7) is 4.46. The molecule has 0 aliphatic carbocycles. The van der Waals surface area contributed by atoms with Gasteiger partial charge in [0.2, 0.25) is 0 Å². The summed E-state index contributed by atoms with van der Waals surface area (Å²) in [7, 11) is 0. The quantitative estimate of drug-likeness (QED) is 0.765. The zero-order chi connectivity index (χ0) is 19.0. The van der Waals surface area contributed by atoms with E-state index in [2.05, 4.69) is 20.1 Å². The molecule has 1 aliphatic heterocycles. The van der Waals surface area contributed by atoms with Gasteiger partial charge in [-0.2, -0.15) is 0 Å².